The minimum absolute atomic E-state index is 0.0834. The maximum Gasteiger partial charge on any atom is 0.240 e. The molecule has 1 aromatic rings. The molecule has 2 aliphatic rings. The summed E-state index contributed by atoms with van der Waals surface area (Å²) >= 11 is 0. The van der Waals surface area contributed by atoms with Crippen LogP contribution < -0.4 is 10.1 Å². The van der Waals surface area contributed by atoms with Crippen molar-refractivity contribution in [1.29, 1.82) is 5.26 Å². The predicted octanol–water partition coefficient (Wildman–Crippen LogP) is 1.66. The zero-order chi connectivity index (χ0) is 15.5. The third-order valence-electron chi connectivity index (χ3n) is 4.70. The van der Waals surface area contributed by atoms with Gasteiger partial charge in [0.05, 0.1) is 19.2 Å². The molecule has 2 fully saturated rings. The number of nitriles is 1. The van der Waals surface area contributed by atoms with Crippen molar-refractivity contribution in [2.45, 2.75) is 37.3 Å². The molecular weight excluding hydrogens is 278 g/mol. The van der Waals surface area contributed by atoms with E-state index in [2.05, 4.69) is 23.5 Å². The fourth-order valence-corrected chi connectivity index (χ4v) is 3.42. The Balaban J connectivity index is 1.64. The Bertz CT molecular complexity index is 579. The molecule has 3 rings (SSSR count). The molecular formula is C17H21N3O2. The number of ether oxygens (including phenoxy) is 1. The summed E-state index contributed by atoms with van der Waals surface area (Å²) in [4.78, 5) is 14.3. The van der Waals surface area contributed by atoms with Crippen molar-refractivity contribution in [3.05, 3.63) is 29.8 Å². The first-order chi connectivity index (χ1) is 10.7. The molecule has 1 amide bonds. The quantitative estimate of drug-likeness (QED) is 0.922. The number of methoxy groups -OCH3 is 1. The van der Waals surface area contributed by atoms with Crippen LogP contribution in [-0.4, -0.2) is 43.1 Å². The van der Waals surface area contributed by atoms with Crippen LogP contribution in [-0.2, 0) is 4.79 Å². The van der Waals surface area contributed by atoms with E-state index in [1.165, 1.54) is 5.56 Å². The highest BCUT2D eigenvalue weighted by atomic mass is 16.5. The highest BCUT2D eigenvalue weighted by Gasteiger charge is 2.37. The molecule has 0 radical (unpaired) electrons. The average molecular weight is 299 g/mol. The summed E-state index contributed by atoms with van der Waals surface area (Å²) in [5.41, 5.74) is 1.22. The number of nitrogens with one attached hydrogen (secondary N) is 1. The summed E-state index contributed by atoms with van der Waals surface area (Å²) < 4.78 is 5.18. The van der Waals surface area contributed by atoms with Gasteiger partial charge in [-0.15, -0.1) is 0 Å². The zero-order valence-corrected chi connectivity index (χ0v) is 12.8. The number of carbonyl (C=O) groups is 1. The van der Waals surface area contributed by atoms with Gasteiger partial charge in [0.15, 0.2) is 0 Å². The summed E-state index contributed by atoms with van der Waals surface area (Å²) in [6, 6.07) is 9.86. The number of rotatable bonds is 3. The number of nitrogens with zero attached hydrogens (tertiary/aromatic N) is 2. The molecule has 2 saturated heterocycles. The number of hydrogen-bond donors (Lipinski definition) is 1. The minimum atomic E-state index is -0.241. The predicted molar refractivity (Wildman–Crippen MR) is 82.5 cm³/mol. The van der Waals surface area contributed by atoms with Gasteiger partial charge in [-0.2, -0.15) is 5.26 Å². The number of amides is 1. The molecule has 1 N–H and O–H groups in total. The maximum atomic E-state index is 12.6. The first-order valence-corrected chi connectivity index (χ1v) is 7.80. The lowest BCUT2D eigenvalue weighted by Crippen LogP contribution is -2.45. The molecule has 116 valence electrons. The van der Waals surface area contributed by atoms with Crippen LogP contribution in [0.5, 0.6) is 5.75 Å². The van der Waals surface area contributed by atoms with E-state index in [1.807, 2.05) is 12.1 Å². The summed E-state index contributed by atoms with van der Waals surface area (Å²) in [7, 11) is 1.66. The Labute approximate surface area is 130 Å². The van der Waals surface area contributed by atoms with Crippen molar-refractivity contribution in [3.63, 3.8) is 0 Å². The first kappa shape index (κ1) is 14.9. The lowest BCUT2D eigenvalue weighted by molar-refractivity contribution is -0.133. The smallest absolute Gasteiger partial charge is 0.240 e. The second-order valence-corrected chi connectivity index (χ2v) is 5.99. The summed E-state index contributed by atoms with van der Waals surface area (Å²) in [6.45, 7) is 1.51. The molecule has 3 atom stereocenters. The van der Waals surface area contributed by atoms with Gasteiger partial charge in [0.25, 0.3) is 0 Å². The molecule has 0 saturated carbocycles. The standard InChI is InChI=1S/C17H21N3O2/c1-22-15-6-4-12(5-7-15)13-9-16(19-11-13)17(21)20-8-2-3-14(20)10-18/h4-7,13-14,16,19H,2-3,8-9,11H2,1H3/t13-,14-,16-/m0/s1. The van der Waals surface area contributed by atoms with Gasteiger partial charge in [0.1, 0.15) is 11.8 Å². The lowest BCUT2D eigenvalue weighted by atomic mass is 9.96. The van der Waals surface area contributed by atoms with Crippen LogP contribution in [0.1, 0.15) is 30.7 Å². The van der Waals surface area contributed by atoms with Crippen LogP contribution in [0.3, 0.4) is 0 Å². The highest BCUT2D eigenvalue weighted by Crippen LogP contribution is 2.29. The van der Waals surface area contributed by atoms with E-state index in [1.54, 1.807) is 12.0 Å². The van der Waals surface area contributed by atoms with Crippen molar-refractivity contribution in [2.75, 3.05) is 20.2 Å². The summed E-state index contributed by atoms with van der Waals surface area (Å²) in [6.07, 6.45) is 2.52. The van der Waals surface area contributed by atoms with Crippen LogP contribution in [0, 0.1) is 11.3 Å². The second kappa shape index (κ2) is 6.37. The normalized spacial score (nSPS) is 27.6. The number of benzene rings is 1. The van der Waals surface area contributed by atoms with Gasteiger partial charge < -0.3 is 15.0 Å². The Hall–Kier alpha value is -2.06. The molecule has 1 aromatic carbocycles. The molecule has 2 aliphatic heterocycles. The van der Waals surface area contributed by atoms with Crippen molar-refractivity contribution in [1.82, 2.24) is 10.2 Å². The second-order valence-electron chi connectivity index (χ2n) is 5.99. The summed E-state index contributed by atoms with van der Waals surface area (Å²) in [5, 5.41) is 12.5. The third-order valence-corrected chi connectivity index (χ3v) is 4.70. The fourth-order valence-electron chi connectivity index (χ4n) is 3.42. The Morgan fingerprint density at radius 2 is 2.18 bits per heavy atom. The van der Waals surface area contributed by atoms with Crippen LogP contribution >= 0.6 is 0 Å². The minimum Gasteiger partial charge on any atom is -0.497 e. The van der Waals surface area contributed by atoms with E-state index in [9.17, 15) is 4.79 Å². The van der Waals surface area contributed by atoms with E-state index in [-0.39, 0.29) is 18.0 Å². The van der Waals surface area contributed by atoms with Gasteiger partial charge in [-0.25, -0.2) is 0 Å². The lowest BCUT2D eigenvalue weighted by Gasteiger charge is -2.23. The SMILES string of the molecule is COc1ccc([C@@H]2CN[C@H](C(=O)N3CCC[C@H]3C#N)C2)cc1. The van der Waals surface area contributed by atoms with E-state index in [0.29, 0.717) is 12.5 Å². The first-order valence-electron chi connectivity index (χ1n) is 7.80. The molecule has 0 unspecified atom stereocenters. The van der Waals surface area contributed by atoms with Crippen LogP contribution in [0.4, 0.5) is 0 Å². The number of likely N-dealkylation sites (tertiary alicyclic amines) is 1. The van der Waals surface area contributed by atoms with Gasteiger partial charge in [0, 0.05) is 13.1 Å². The van der Waals surface area contributed by atoms with Gasteiger partial charge in [-0.1, -0.05) is 12.1 Å². The van der Waals surface area contributed by atoms with Crippen LogP contribution in [0.25, 0.3) is 0 Å². The monoisotopic (exact) mass is 299 g/mol. The molecule has 5 heteroatoms. The van der Waals surface area contributed by atoms with Crippen molar-refractivity contribution < 1.29 is 9.53 Å². The fraction of sp³-hybridized carbons (Fsp3) is 0.529. The molecule has 22 heavy (non-hydrogen) atoms. The van der Waals surface area contributed by atoms with Crippen molar-refractivity contribution in [3.8, 4) is 11.8 Å². The molecule has 0 aliphatic carbocycles. The van der Waals surface area contributed by atoms with Crippen molar-refractivity contribution >= 4 is 5.91 Å². The van der Waals surface area contributed by atoms with Crippen LogP contribution in [0.15, 0.2) is 24.3 Å². The average Bonchev–Trinajstić information content (AvgIpc) is 3.23. The van der Waals surface area contributed by atoms with Gasteiger partial charge >= 0.3 is 0 Å². The third kappa shape index (κ3) is 2.79. The Kier molecular flexibility index (Phi) is 4.30. The van der Waals surface area contributed by atoms with Gasteiger partial charge in [-0.05, 0) is 42.9 Å². The van der Waals surface area contributed by atoms with E-state index in [0.717, 1.165) is 31.6 Å². The number of hydrogen-bond acceptors (Lipinski definition) is 4. The van der Waals surface area contributed by atoms with Gasteiger partial charge in [-0.3, -0.25) is 4.79 Å². The Morgan fingerprint density at radius 3 is 2.86 bits per heavy atom. The summed E-state index contributed by atoms with van der Waals surface area (Å²) in [5.74, 6) is 1.26. The largest absolute Gasteiger partial charge is 0.497 e. The Morgan fingerprint density at radius 1 is 1.41 bits per heavy atom. The highest BCUT2D eigenvalue weighted by molar-refractivity contribution is 5.83. The van der Waals surface area contributed by atoms with E-state index >= 15 is 0 Å². The maximum absolute atomic E-state index is 12.6. The van der Waals surface area contributed by atoms with E-state index < -0.39 is 0 Å². The molecule has 2 heterocycles. The van der Waals surface area contributed by atoms with Crippen LogP contribution in [0.2, 0.25) is 0 Å². The molecule has 0 bridgehead atoms. The van der Waals surface area contributed by atoms with E-state index in [4.69, 9.17) is 10.00 Å². The molecule has 0 aromatic heterocycles. The zero-order valence-electron chi connectivity index (χ0n) is 12.8. The molecule has 0 spiro atoms. The number of carbonyl (C=O) groups excluding carboxylic acids is 1. The van der Waals surface area contributed by atoms with Crippen molar-refractivity contribution in [2.24, 2.45) is 0 Å². The topological polar surface area (TPSA) is 65.4 Å². The van der Waals surface area contributed by atoms with Gasteiger partial charge in [0.2, 0.25) is 5.91 Å². The molecule has 5 nitrogen and oxygen atoms in total.